The summed E-state index contributed by atoms with van der Waals surface area (Å²) in [5.74, 6) is 0.660. The van der Waals surface area contributed by atoms with Gasteiger partial charge in [-0.25, -0.2) is 9.97 Å². The van der Waals surface area contributed by atoms with E-state index in [4.69, 9.17) is 0 Å². The van der Waals surface area contributed by atoms with E-state index >= 15 is 0 Å². The molecule has 3 aromatic heterocycles. The van der Waals surface area contributed by atoms with Crippen LogP contribution in [-0.2, 0) is 7.05 Å². The summed E-state index contributed by atoms with van der Waals surface area (Å²) in [5, 5.41) is 7.54. The van der Waals surface area contributed by atoms with E-state index in [1.807, 2.05) is 66.7 Å². The molecule has 0 radical (unpaired) electrons. The fourth-order valence-corrected chi connectivity index (χ4v) is 2.87. The van der Waals surface area contributed by atoms with Gasteiger partial charge in [0.2, 0.25) is 0 Å². The Hall–Kier alpha value is -3.68. The van der Waals surface area contributed by atoms with E-state index in [9.17, 15) is 0 Å². The molecule has 27 heavy (non-hydrogen) atoms. The van der Waals surface area contributed by atoms with Gasteiger partial charge in [0.25, 0.3) is 0 Å². The lowest BCUT2D eigenvalue weighted by atomic mass is 10.3. The van der Waals surface area contributed by atoms with Gasteiger partial charge < -0.3 is 10.2 Å². The third-order valence-electron chi connectivity index (χ3n) is 4.33. The van der Waals surface area contributed by atoms with Crippen LogP contribution in [0, 0.1) is 0 Å². The predicted octanol–water partition coefficient (Wildman–Crippen LogP) is 2.47. The molecule has 0 fully saturated rings. The van der Waals surface area contributed by atoms with Crippen molar-refractivity contribution in [3.8, 4) is 11.3 Å². The quantitative estimate of drug-likeness (QED) is 0.708. The number of aliphatic imine (C=N–C) groups is 1. The molecule has 1 aliphatic heterocycles. The molecule has 0 amide bonds. The monoisotopic (exact) mass is 360 g/mol. The SMILES string of the molecule is C=C/C(=C\C=C1/CN=CN1C)Nc1nccn2c(-c3cnn(C)c3)cnc12. The molecule has 4 rings (SSSR count). The first-order chi connectivity index (χ1) is 13.2. The van der Waals surface area contributed by atoms with E-state index in [2.05, 4.69) is 32.0 Å². The largest absolute Gasteiger partial charge is 0.338 e. The highest BCUT2D eigenvalue weighted by molar-refractivity contribution is 5.71. The van der Waals surface area contributed by atoms with Crippen LogP contribution in [0.5, 0.6) is 0 Å². The lowest BCUT2D eigenvalue weighted by Crippen LogP contribution is -2.10. The van der Waals surface area contributed by atoms with Gasteiger partial charge >= 0.3 is 0 Å². The molecule has 136 valence electrons. The Morgan fingerprint density at radius 2 is 2.15 bits per heavy atom. The highest BCUT2D eigenvalue weighted by Gasteiger charge is 2.12. The summed E-state index contributed by atoms with van der Waals surface area (Å²) in [6.45, 7) is 4.57. The Kier molecular flexibility index (Phi) is 4.29. The number of anilines is 1. The van der Waals surface area contributed by atoms with Gasteiger partial charge in [-0.05, 0) is 18.2 Å². The second kappa shape index (κ2) is 6.91. The standard InChI is InChI=1S/C19H20N8/c1-4-15(5-6-16-10-20-13-25(16)2)24-18-19-22-11-17(27(19)8-7-21-18)14-9-23-26(3)12-14/h4-9,11-13H,1,10H2,2-3H3,(H,21,24)/b15-5+,16-6+. The van der Waals surface area contributed by atoms with Gasteiger partial charge in [-0.3, -0.25) is 14.1 Å². The number of aromatic nitrogens is 5. The number of aryl methyl sites for hydroxylation is 1. The van der Waals surface area contributed by atoms with E-state index in [0.29, 0.717) is 12.4 Å². The molecule has 0 spiro atoms. The summed E-state index contributed by atoms with van der Waals surface area (Å²) in [7, 11) is 3.87. The Bertz CT molecular complexity index is 1080. The zero-order chi connectivity index (χ0) is 18.8. The van der Waals surface area contributed by atoms with Crippen molar-refractivity contribution in [2.75, 3.05) is 18.9 Å². The molecule has 0 aromatic carbocycles. The van der Waals surface area contributed by atoms with Crippen LogP contribution in [-0.4, -0.2) is 49.0 Å². The number of fused-ring (bicyclic) bond motifs is 1. The van der Waals surface area contributed by atoms with Crippen molar-refractivity contribution in [3.63, 3.8) is 0 Å². The second-order valence-electron chi connectivity index (χ2n) is 6.19. The van der Waals surface area contributed by atoms with Crippen molar-refractivity contribution >= 4 is 17.8 Å². The van der Waals surface area contributed by atoms with Crippen LogP contribution in [0.3, 0.4) is 0 Å². The van der Waals surface area contributed by atoms with Crippen LogP contribution in [0.4, 0.5) is 5.82 Å². The molecule has 4 heterocycles. The van der Waals surface area contributed by atoms with Gasteiger partial charge in [-0.1, -0.05) is 6.58 Å². The zero-order valence-electron chi connectivity index (χ0n) is 15.2. The highest BCUT2D eigenvalue weighted by atomic mass is 15.2. The van der Waals surface area contributed by atoms with Crippen molar-refractivity contribution in [2.24, 2.45) is 12.0 Å². The molecule has 0 aliphatic carbocycles. The molecule has 8 heteroatoms. The van der Waals surface area contributed by atoms with Crippen LogP contribution >= 0.6 is 0 Å². The zero-order valence-corrected chi connectivity index (χ0v) is 15.2. The Balaban J connectivity index is 1.65. The lowest BCUT2D eigenvalue weighted by Gasteiger charge is -2.09. The summed E-state index contributed by atoms with van der Waals surface area (Å²) in [5.41, 5.74) is 4.63. The summed E-state index contributed by atoms with van der Waals surface area (Å²) in [6.07, 6.45) is 16.8. The molecule has 1 N–H and O–H groups in total. The predicted molar refractivity (Wildman–Crippen MR) is 106 cm³/mol. The first-order valence-corrected chi connectivity index (χ1v) is 8.50. The van der Waals surface area contributed by atoms with Crippen molar-refractivity contribution in [1.82, 2.24) is 29.0 Å². The Morgan fingerprint density at radius 3 is 2.85 bits per heavy atom. The van der Waals surface area contributed by atoms with Gasteiger partial charge in [0.15, 0.2) is 11.5 Å². The Labute approximate surface area is 156 Å². The second-order valence-corrected chi connectivity index (χ2v) is 6.19. The summed E-state index contributed by atoms with van der Waals surface area (Å²) < 4.78 is 3.76. The smallest absolute Gasteiger partial charge is 0.180 e. The number of likely N-dealkylation sites (N-methyl/N-ethyl adjacent to an activating group) is 1. The molecule has 0 saturated heterocycles. The number of hydrogen-bond acceptors (Lipinski definition) is 6. The summed E-state index contributed by atoms with van der Waals surface area (Å²) >= 11 is 0. The van der Waals surface area contributed by atoms with E-state index < -0.39 is 0 Å². The molecule has 0 saturated carbocycles. The van der Waals surface area contributed by atoms with E-state index in [-0.39, 0.29) is 0 Å². The van der Waals surface area contributed by atoms with Gasteiger partial charge in [0, 0.05) is 49.6 Å². The molecule has 8 nitrogen and oxygen atoms in total. The molecular weight excluding hydrogens is 340 g/mol. The average Bonchev–Trinajstić information content (AvgIpc) is 3.38. The van der Waals surface area contributed by atoms with Gasteiger partial charge in [0.05, 0.1) is 31.0 Å². The minimum Gasteiger partial charge on any atom is -0.338 e. The third-order valence-corrected chi connectivity index (χ3v) is 4.33. The topological polar surface area (TPSA) is 75.6 Å². The average molecular weight is 360 g/mol. The van der Waals surface area contributed by atoms with Crippen LogP contribution in [0.1, 0.15) is 0 Å². The third kappa shape index (κ3) is 3.24. The normalized spacial score (nSPS) is 15.9. The maximum atomic E-state index is 4.54. The number of allylic oxidation sites excluding steroid dienone is 3. The van der Waals surface area contributed by atoms with Crippen LogP contribution in [0.15, 0.2) is 72.2 Å². The molecule has 0 bridgehead atoms. The lowest BCUT2D eigenvalue weighted by molar-refractivity contribution is 0.666. The number of nitrogens with one attached hydrogen (secondary N) is 1. The van der Waals surface area contributed by atoms with Crippen LogP contribution < -0.4 is 5.32 Å². The van der Waals surface area contributed by atoms with Crippen molar-refractivity contribution in [3.05, 3.63) is 67.2 Å². The van der Waals surface area contributed by atoms with E-state index in [1.54, 1.807) is 17.0 Å². The van der Waals surface area contributed by atoms with Crippen molar-refractivity contribution in [1.29, 1.82) is 0 Å². The molecule has 0 atom stereocenters. The molecular formula is C19H20N8. The fraction of sp³-hybridized carbons (Fsp3) is 0.158. The van der Waals surface area contributed by atoms with Crippen LogP contribution in [0.25, 0.3) is 16.9 Å². The fourth-order valence-electron chi connectivity index (χ4n) is 2.87. The first kappa shape index (κ1) is 16.8. The van der Waals surface area contributed by atoms with E-state index in [1.165, 1.54) is 0 Å². The maximum absolute atomic E-state index is 4.54. The van der Waals surface area contributed by atoms with Crippen molar-refractivity contribution < 1.29 is 0 Å². The molecule has 3 aromatic rings. The van der Waals surface area contributed by atoms with E-state index in [0.717, 1.165) is 28.3 Å². The molecule has 1 aliphatic rings. The maximum Gasteiger partial charge on any atom is 0.180 e. The first-order valence-electron chi connectivity index (χ1n) is 8.50. The minimum atomic E-state index is 0.660. The van der Waals surface area contributed by atoms with Crippen molar-refractivity contribution in [2.45, 2.75) is 0 Å². The Morgan fingerprint density at radius 1 is 1.26 bits per heavy atom. The minimum absolute atomic E-state index is 0.660. The van der Waals surface area contributed by atoms with Gasteiger partial charge in [-0.15, -0.1) is 0 Å². The molecule has 0 unspecified atom stereocenters. The number of imidazole rings is 1. The van der Waals surface area contributed by atoms with Crippen LogP contribution in [0.2, 0.25) is 0 Å². The number of hydrogen-bond donors (Lipinski definition) is 1. The number of nitrogens with zero attached hydrogens (tertiary/aromatic N) is 7. The van der Waals surface area contributed by atoms with Gasteiger partial charge in [0.1, 0.15) is 0 Å². The van der Waals surface area contributed by atoms with Gasteiger partial charge in [-0.2, -0.15) is 5.10 Å². The highest BCUT2D eigenvalue weighted by Crippen LogP contribution is 2.23. The number of rotatable bonds is 5. The summed E-state index contributed by atoms with van der Waals surface area (Å²) in [4.78, 5) is 15.2. The summed E-state index contributed by atoms with van der Waals surface area (Å²) in [6, 6.07) is 0.